The highest BCUT2D eigenvalue weighted by atomic mass is 16.4. The Morgan fingerprint density at radius 2 is 1.18 bits per heavy atom. The first-order valence-corrected chi connectivity index (χ1v) is 10.4. The number of fused-ring (bicyclic) bond motifs is 2. The first kappa shape index (κ1) is 20.5. The summed E-state index contributed by atoms with van der Waals surface area (Å²) in [5, 5.41) is 22.5. The molecule has 0 saturated carbocycles. The van der Waals surface area contributed by atoms with Gasteiger partial charge in [0.2, 0.25) is 0 Å². The van der Waals surface area contributed by atoms with Gasteiger partial charge in [0.25, 0.3) is 0 Å². The monoisotopic (exact) mass is 441 g/mol. The third-order valence-corrected chi connectivity index (χ3v) is 5.76. The molecule has 3 heterocycles. The Morgan fingerprint density at radius 3 is 1.67 bits per heavy atom. The number of aromatic nitrogens is 1. The highest BCUT2D eigenvalue weighted by Gasteiger charge is 2.25. The number of hydrogen-bond acceptors (Lipinski definition) is 7. The van der Waals surface area contributed by atoms with E-state index in [4.69, 9.17) is 8.83 Å². The maximum Gasteiger partial charge on any atom is 0.343 e. The lowest BCUT2D eigenvalue weighted by Crippen LogP contribution is -2.18. The van der Waals surface area contributed by atoms with Gasteiger partial charge in [-0.05, 0) is 49.2 Å². The van der Waals surface area contributed by atoms with E-state index in [-0.39, 0.29) is 46.6 Å². The van der Waals surface area contributed by atoms with Crippen LogP contribution in [0.5, 0.6) is 11.5 Å². The zero-order chi connectivity index (χ0) is 22.9. The third kappa shape index (κ3) is 3.74. The Hall–Kier alpha value is -4.39. The third-order valence-electron chi connectivity index (χ3n) is 5.76. The standard InChI is InChI=1S/C26H19NO6/c28-23-16-7-1-3-10-21(16)32-25(30)18(23)13-15(20-9-5-6-12-27-20)14-19-24(29)17-8-2-4-11-22(17)33-26(19)31/h1-12,15,28-29H,13-14H2. The van der Waals surface area contributed by atoms with Crippen LogP contribution in [0.25, 0.3) is 21.9 Å². The van der Waals surface area contributed by atoms with E-state index in [1.165, 1.54) is 0 Å². The molecule has 33 heavy (non-hydrogen) atoms. The van der Waals surface area contributed by atoms with Crippen molar-refractivity contribution < 1.29 is 19.0 Å². The second-order valence-corrected chi connectivity index (χ2v) is 7.79. The maximum absolute atomic E-state index is 12.7. The molecule has 7 nitrogen and oxygen atoms in total. The Morgan fingerprint density at radius 1 is 0.697 bits per heavy atom. The molecular weight excluding hydrogens is 422 g/mol. The lowest BCUT2D eigenvalue weighted by molar-refractivity contribution is 0.442. The van der Waals surface area contributed by atoms with E-state index in [1.54, 1.807) is 72.9 Å². The molecule has 2 N–H and O–H groups in total. The maximum atomic E-state index is 12.7. The molecule has 7 heteroatoms. The van der Waals surface area contributed by atoms with Gasteiger partial charge in [-0.1, -0.05) is 30.3 Å². The van der Waals surface area contributed by atoms with Crippen molar-refractivity contribution in [1.29, 1.82) is 0 Å². The molecular formula is C26H19NO6. The minimum atomic E-state index is -0.665. The van der Waals surface area contributed by atoms with Crippen molar-refractivity contribution in [2.24, 2.45) is 0 Å². The fourth-order valence-electron chi connectivity index (χ4n) is 4.10. The minimum Gasteiger partial charge on any atom is -0.507 e. The fraction of sp³-hybridized carbons (Fsp3) is 0.115. The molecule has 0 bridgehead atoms. The van der Waals surface area contributed by atoms with E-state index >= 15 is 0 Å². The van der Waals surface area contributed by atoms with Gasteiger partial charge in [0.15, 0.2) is 0 Å². The van der Waals surface area contributed by atoms with Crippen molar-refractivity contribution in [1.82, 2.24) is 4.98 Å². The second-order valence-electron chi connectivity index (χ2n) is 7.79. The number of aromatic hydroxyl groups is 2. The molecule has 164 valence electrons. The van der Waals surface area contributed by atoms with E-state index in [2.05, 4.69) is 4.98 Å². The number of hydrogen-bond donors (Lipinski definition) is 2. The molecule has 3 aromatic heterocycles. The Labute approximate surface area is 187 Å². The number of para-hydroxylation sites is 2. The van der Waals surface area contributed by atoms with Gasteiger partial charge in [-0.25, -0.2) is 9.59 Å². The number of rotatable bonds is 5. The van der Waals surface area contributed by atoms with Crippen LogP contribution in [0.2, 0.25) is 0 Å². The molecule has 5 aromatic rings. The van der Waals surface area contributed by atoms with E-state index in [9.17, 15) is 19.8 Å². The van der Waals surface area contributed by atoms with Crippen molar-refractivity contribution in [3.8, 4) is 11.5 Å². The summed E-state index contributed by atoms with van der Waals surface area (Å²) in [5.41, 5.74) is -0.0137. The van der Waals surface area contributed by atoms with E-state index in [0.717, 1.165) is 0 Å². The number of benzene rings is 2. The average molecular weight is 441 g/mol. The minimum absolute atomic E-state index is 0.0434. The number of pyridine rings is 1. The summed E-state index contributed by atoms with van der Waals surface area (Å²) in [6.07, 6.45) is 1.69. The molecule has 0 aliphatic rings. The first-order chi connectivity index (χ1) is 16.0. The molecule has 0 saturated heterocycles. The first-order valence-electron chi connectivity index (χ1n) is 10.4. The summed E-state index contributed by atoms with van der Waals surface area (Å²) >= 11 is 0. The van der Waals surface area contributed by atoms with Gasteiger partial charge in [-0.3, -0.25) is 4.98 Å². The van der Waals surface area contributed by atoms with Crippen LogP contribution in [0.4, 0.5) is 0 Å². The van der Waals surface area contributed by atoms with Crippen LogP contribution in [0.15, 0.2) is 91.4 Å². The highest BCUT2D eigenvalue weighted by Crippen LogP contribution is 2.33. The Balaban J connectivity index is 1.62. The normalized spacial score (nSPS) is 11.4. The predicted molar refractivity (Wildman–Crippen MR) is 123 cm³/mol. The molecule has 0 spiro atoms. The van der Waals surface area contributed by atoms with Gasteiger partial charge >= 0.3 is 11.3 Å². The molecule has 2 aromatic carbocycles. The van der Waals surface area contributed by atoms with Crippen LogP contribution in [0.3, 0.4) is 0 Å². The van der Waals surface area contributed by atoms with Gasteiger partial charge < -0.3 is 19.0 Å². The summed E-state index contributed by atoms with van der Waals surface area (Å²) in [5.74, 6) is -0.855. The van der Waals surface area contributed by atoms with Crippen LogP contribution in [-0.2, 0) is 12.8 Å². The lowest BCUT2D eigenvalue weighted by atomic mass is 9.89. The molecule has 0 amide bonds. The molecule has 0 aliphatic carbocycles. The van der Waals surface area contributed by atoms with E-state index < -0.39 is 17.2 Å². The summed E-state index contributed by atoms with van der Waals surface area (Å²) in [7, 11) is 0. The smallest absolute Gasteiger partial charge is 0.343 e. The van der Waals surface area contributed by atoms with E-state index in [0.29, 0.717) is 16.5 Å². The second kappa shape index (κ2) is 8.27. The average Bonchev–Trinajstić information content (AvgIpc) is 2.83. The van der Waals surface area contributed by atoms with Crippen LogP contribution in [-0.4, -0.2) is 15.2 Å². The zero-order valence-corrected chi connectivity index (χ0v) is 17.4. The molecule has 5 rings (SSSR count). The van der Waals surface area contributed by atoms with Gasteiger partial charge in [-0.15, -0.1) is 0 Å². The molecule has 0 unspecified atom stereocenters. The van der Waals surface area contributed by atoms with Crippen molar-refractivity contribution in [2.75, 3.05) is 0 Å². The summed E-state index contributed by atoms with van der Waals surface area (Å²) in [6.45, 7) is 0. The quantitative estimate of drug-likeness (QED) is 0.392. The Bertz CT molecular complexity index is 1490. The van der Waals surface area contributed by atoms with E-state index in [1.807, 2.05) is 0 Å². The topological polar surface area (TPSA) is 114 Å². The fourth-order valence-corrected chi connectivity index (χ4v) is 4.10. The van der Waals surface area contributed by atoms with Crippen LogP contribution in [0.1, 0.15) is 22.7 Å². The Kier molecular flexibility index (Phi) is 5.14. The van der Waals surface area contributed by atoms with Crippen LogP contribution < -0.4 is 11.3 Å². The number of nitrogens with zero attached hydrogens (tertiary/aromatic N) is 1. The molecule has 0 radical (unpaired) electrons. The van der Waals surface area contributed by atoms with Crippen molar-refractivity contribution >= 4 is 21.9 Å². The van der Waals surface area contributed by atoms with Crippen molar-refractivity contribution in [3.63, 3.8) is 0 Å². The van der Waals surface area contributed by atoms with Crippen LogP contribution >= 0.6 is 0 Å². The van der Waals surface area contributed by atoms with Crippen molar-refractivity contribution in [3.05, 3.63) is 111 Å². The van der Waals surface area contributed by atoms with Gasteiger partial charge in [-0.2, -0.15) is 0 Å². The summed E-state index contributed by atoms with van der Waals surface area (Å²) in [4.78, 5) is 29.8. The molecule has 0 aliphatic heterocycles. The van der Waals surface area contributed by atoms with Gasteiger partial charge in [0, 0.05) is 17.8 Å². The summed E-state index contributed by atoms with van der Waals surface area (Å²) in [6, 6.07) is 18.7. The zero-order valence-electron chi connectivity index (χ0n) is 17.4. The van der Waals surface area contributed by atoms with Crippen molar-refractivity contribution in [2.45, 2.75) is 18.8 Å². The SMILES string of the molecule is O=c1oc2ccccc2c(O)c1CC(Cc1c(O)c2ccccc2oc1=O)c1ccccn1. The predicted octanol–water partition coefficient (Wildman–Crippen LogP) is 4.27. The lowest BCUT2D eigenvalue weighted by Gasteiger charge is -2.17. The molecule has 0 fully saturated rings. The largest absolute Gasteiger partial charge is 0.507 e. The van der Waals surface area contributed by atoms with Crippen LogP contribution in [0, 0.1) is 0 Å². The van der Waals surface area contributed by atoms with Gasteiger partial charge in [0.1, 0.15) is 22.7 Å². The van der Waals surface area contributed by atoms with Gasteiger partial charge in [0.05, 0.1) is 21.9 Å². The highest BCUT2D eigenvalue weighted by molar-refractivity contribution is 5.84. The summed E-state index contributed by atoms with van der Waals surface area (Å²) < 4.78 is 10.8. The molecule has 0 atom stereocenters.